The Morgan fingerprint density at radius 3 is 2.80 bits per heavy atom. The third kappa shape index (κ3) is 3.72. The summed E-state index contributed by atoms with van der Waals surface area (Å²) in [7, 11) is 1.61. The molecule has 4 rings (SSSR count). The number of nitrogens with zero attached hydrogens (tertiary/aromatic N) is 3. The first-order chi connectivity index (χ1) is 14.4. The fraction of sp³-hybridized carbons (Fsp3) is 0.435. The van der Waals surface area contributed by atoms with Crippen LogP contribution < -0.4 is 15.0 Å². The summed E-state index contributed by atoms with van der Waals surface area (Å²) in [5, 5.41) is 4.01. The van der Waals surface area contributed by atoms with Crippen LogP contribution in [0.3, 0.4) is 0 Å². The fourth-order valence-corrected chi connectivity index (χ4v) is 4.10. The fourth-order valence-electron chi connectivity index (χ4n) is 4.10. The molecule has 3 aromatic rings. The van der Waals surface area contributed by atoms with Crippen molar-refractivity contribution >= 4 is 28.5 Å². The first-order valence-electron chi connectivity index (χ1n) is 10.3. The molecule has 2 aromatic heterocycles. The van der Waals surface area contributed by atoms with Gasteiger partial charge < -0.3 is 19.4 Å². The second-order valence-corrected chi connectivity index (χ2v) is 8.04. The standard InChI is InChI=1S/C23H28N4O3/c1-13-8-9-19(29-5)18(11-13)26-22(28)17-7-6-10-27(12-17)21-20-14(2)15(3)30-23(20)25-16(4)24-21/h8-9,11,17H,6-7,10,12H2,1-5H3,(H,26,28)/t17-/m0/s1. The zero-order valence-corrected chi connectivity index (χ0v) is 18.2. The number of furan rings is 1. The van der Waals surface area contributed by atoms with E-state index < -0.39 is 0 Å². The molecule has 0 spiro atoms. The van der Waals surface area contributed by atoms with Gasteiger partial charge in [-0.05, 0) is 58.2 Å². The molecule has 158 valence electrons. The first-order valence-corrected chi connectivity index (χ1v) is 10.3. The second-order valence-electron chi connectivity index (χ2n) is 8.04. The van der Waals surface area contributed by atoms with Crippen LogP contribution in [0.2, 0.25) is 0 Å². The number of carbonyl (C=O) groups is 1. The summed E-state index contributed by atoms with van der Waals surface area (Å²) in [6, 6.07) is 5.78. The van der Waals surface area contributed by atoms with Gasteiger partial charge in [-0.1, -0.05) is 6.07 Å². The van der Waals surface area contributed by atoms with Crippen LogP contribution >= 0.6 is 0 Å². The van der Waals surface area contributed by atoms with Gasteiger partial charge in [0.25, 0.3) is 0 Å². The molecule has 1 atom stereocenters. The summed E-state index contributed by atoms with van der Waals surface area (Å²) >= 11 is 0. The molecule has 7 nitrogen and oxygen atoms in total. The van der Waals surface area contributed by atoms with Crippen LogP contribution in [-0.4, -0.2) is 36.1 Å². The summed E-state index contributed by atoms with van der Waals surface area (Å²) in [4.78, 5) is 24.4. The van der Waals surface area contributed by atoms with Crippen molar-refractivity contribution < 1.29 is 13.9 Å². The molecule has 1 aliphatic heterocycles. The highest BCUT2D eigenvalue weighted by molar-refractivity contribution is 5.95. The molecule has 1 fully saturated rings. The number of methoxy groups -OCH3 is 1. The lowest BCUT2D eigenvalue weighted by atomic mass is 9.96. The van der Waals surface area contributed by atoms with E-state index in [1.54, 1.807) is 7.11 Å². The van der Waals surface area contributed by atoms with Crippen molar-refractivity contribution in [1.29, 1.82) is 0 Å². The maximum absolute atomic E-state index is 13.1. The number of fused-ring (bicyclic) bond motifs is 1. The molecular formula is C23H28N4O3. The van der Waals surface area contributed by atoms with Crippen LogP contribution in [0.4, 0.5) is 11.5 Å². The number of rotatable bonds is 4. The zero-order chi connectivity index (χ0) is 21.4. The maximum Gasteiger partial charge on any atom is 0.231 e. The highest BCUT2D eigenvalue weighted by atomic mass is 16.5. The van der Waals surface area contributed by atoms with Crippen LogP contribution in [0.5, 0.6) is 5.75 Å². The molecule has 1 N–H and O–H groups in total. The minimum Gasteiger partial charge on any atom is -0.495 e. The molecule has 0 saturated carbocycles. The highest BCUT2D eigenvalue weighted by Crippen LogP contribution is 2.34. The number of nitrogens with one attached hydrogen (secondary N) is 1. The van der Waals surface area contributed by atoms with Gasteiger partial charge >= 0.3 is 0 Å². The van der Waals surface area contributed by atoms with Gasteiger partial charge in [-0.2, -0.15) is 4.98 Å². The molecule has 7 heteroatoms. The molecule has 30 heavy (non-hydrogen) atoms. The lowest BCUT2D eigenvalue weighted by molar-refractivity contribution is -0.120. The van der Waals surface area contributed by atoms with E-state index in [1.165, 1.54) is 0 Å². The van der Waals surface area contributed by atoms with E-state index >= 15 is 0 Å². The molecule has 0 radical (unpaired) electrons. The smallest absolute Gasteiger partial charge is 0.231 e. The number of hydrogen-bond donors (Lipinski definition) is 1. The summed E-state index contributed by atoms with van der Waals surface area (Å²) in [5.74, 6) is 2.91. The maximum atomic E-state index is 13.1. The molecule has 1 aliphatic rings. The molecule has 1 aromatic carbocycles. The van der Waals surface area contributed by atoms with E-state index in [2.05, 4.69) is 15.2 Å². The number of carbonyl (C=O) groups excluding carboxylic acids is 1. The van der Waals surface area contributed by atoms with Crippen molar-refractivity contribution in [2.24, 2.45) is 5.92 Å². The molecule has 1 amide bonds. The van der Waals surface area contributed by atoms with Crippen LogP contribution in [0.25, 0.3) is 11.1 Å². The van der Waals surface area contributed by atoms with E-state index in [1.807, 2.05) is 45.9 Å². The normalized spacial score (nSPS) is 16.7. The summed E-state index contributed by atoms with van der Waals surface area (Å²) in [6.45, 7) is 9.30. The topological polar surface area (TPSA) is 80.5 Å². The second kappa shape index (κ2) is 7.97. The Bertz CT molecular complexity index is 1110. The average Bonchev–Trinajstić information content (AvgIpc) is 3.01. The number of hydrogen-bond acceptors (Lipinski definition) is 6. The molecule has 3 heterocycles. The molecule has 1 saturated heterocycles. The van der Waals surface area contributed by atoms with Gasteiger partial charge in [0.1, 0.15) is 23.2 Å². The molecular weight excluding hydrogens is 380 g/mol. The largest absolute Gasteiger partial charge is 0.495 e. The van der Waals surface area contributed by atoms with Crippen molar-refractivity contribution in [2.75, 3.05) is 30.4 Å². The summed E-state index contributed by atoms with van der Waals surface area (Å²) < 4.78 is 11.2. The zero-order valence-electron chi connectivity index (χ0n) is 18.2. The van der Waals surface area contributed by atoms with Crippen molar-refractivity contribution in [2.45, 2.75) is 40.5 Å². The Hall–Kier alpha value is -3.09. The van der Waals surface area contributed by atoms with Crippen molar-refractivity contribution in [1.82, 2.24) is 9.97 Å². The van der Waals surface area contributed by atoms with Crippen molar-refractivity contribution in [3.05, 3.63) is 40.9 Å². The van der Waals surface area contributed by atoms with Crippen LogP contribution in [-0.2, 0) is 4.79 Å². The Balaban J connectivity index is 1.59. The number of amides is 1. The monoisotopic (exact) mass is 408 g/mol. The number of aromatic nitrogens is 2. The SMILES string of the molecule is COc1ccc(C)cc1NC(=O)[C@H]1CCCN(c2nc(C)nc3oc(C)c(C)c23)C1. The van der Waals surface area contributed by atoms with E-state index in [4.69, 9.17) is 14.1 Å². The summed E-state index contributed by atoms with van der Waals surface area (Å²) in [6.07, 6.45) is 1.76. The molecule has 0 aliphatic carbocycles. The number of benzene rings is 1. The Morgan fingerprint density at radius 2 is 2.03 bits per heavy atom. The summed E-state index contributed by atoms with van der Waals surface area (Å²) in [5.41, 5.74) is 3.45. The Labute approximate surface area is 176 Å². The van der Waals surface area contributed by atoms with E-state index in [0.717, 1.165) is 47.5 Å². The quantitative estimate of drug-likeness (QED) is 0.692. The van der Waals surface area contributed by atoms with Crippen LogP contribution in [0.15, 0.2) is 22.6 Å². The van der Waals surface area contributed by atoms with Crippen molar-refractivity contribution in [3.8, 4) is 5.75 Å². The Kier molecular flexibility index (Phi) is 5.37. The Morgan fingerprint density at radius 1 is 1.23 bits per heavy atom. The number of anilines is 2. The predicted molar refractivity (Wildman–Crippen MR) is 117 cm³/mol. The number of piperidine rings is 1. The third-order valence-electron chi connectivity index (χ3n) is 5.83. The highest BCUT2D eigenvalue weighted by Gasteiger charge is 2.29. The van der Waals surface area contributed by atoms with E-state index in [9.17, 15) is 4.79 Å². The van der Waals surface area contributed by atoms with Gasteiger partial charge in [-0.3, -0.25) is 4.79 Å². The van der Waals surface area contributed by atoms with Crippen LogP contribution in [0.1, 0.15) is 35.6 Å². The molecule has 0 bridgehead atoms. The lowest BCUT2D eigenvalue weighted by Gasteiger charge is -2.33. The number of aryl methyl sites for hydroxylation is 4. The van der Waals surface area contributed by atoms with Gasteiger partial charge in [-0.25, -0.2) is 4.98 Å². The van der Waals surface area contributed by atoms with E-state index in [-0.39, 0.29) is 11.8 Å². The van der Waals surface area contributed by atoms with Gasteiger partial charge in [0.05, 0.1) is 24.1 Å². The average molecular weight is 409 g/mol. The van der Waals surface area contributed by atoms with Crippen LogP contribution in [0, 0.1) is 33.6 Å². The van der Waals surface area contributed by atoms with Gasteiger partial charge in [0.15, 0.2) is 0 Å². The van der Waals surface area contributed by atoms with Gasteiger partial charge in [0, 0.05) is 18.7 Å². The minimum atomic E-state index is -0.136. The van der Waals surface area contributed by atoms with Crippen molar-refractivity contribution in [3.63, 3.8) is 0 Å². The molecule has 0 unspecified atom stereocenters. The third-order valence-corrected chi connectivity index (χ3v) is 5.83. The van der Waals surface area contributed by atoms with Gasteiger partial charge in [-0.15, -0.1) is 0 Å². The lowest BCUT2D eigenvalue weighted by Crippen LogP contribution is -2.41. The minimum absolute atomic E-state index is 0.00529. The predicted octanol–water partition coefficient (Wildman–Crippen LogP) is 4.32. The van der Waals surface area contributed by atoms with Gasteiger partial charge in [0.2, 0.25) is 11.6 Å². The number of ether oxygens (including phenoxy) is 1. The van der Waals surface area contributed by atoms with E-state index in [0.29, 0.717) is 29.5 Å². The first kappa shape index (κ1) is 20.2.